The van der Waals surface area contributed by atoms with Crippen LogP contribution in [0.3, 0.4) is 0 Å². The van der Waals surface area contributed by atoms with Gasteiger partial charge in [0.2, 0.25) is 11.8 Å². The van der Waals surface area contributed by atoms with Gasteiger partial charge in [-0.2, -0.15) is 0 Å². The number of fused-ring (bicyclic) bond motifs is 2. The van der Waals surface area contributed by atoms with E-state index in [2.05, 4.69) is 0 Å². The van der Waals surface area contributed by atoms with E-state index in [1.165, 1.54) is 0 Å². The van der Waals surface area contributed by atoms with Crippen LogP contribution in [-0.2, 0) is 19.4 Å². The summed E-state index contributed by atoms with van der Waals surface area (Å²) in [5.74, 6) is 0.426. The second-order valence-electron chi connectivity index (χ2n) is 8.36. The van der Waals surface area contributed by atoms with E-state index in [4.69, 9.17) is 4.74 Å². The van der Waals surface area contributed by atoms with Crippen LogP contribution in [-0.4, -0.2) is 67.7 Å². The summed E-state index contributed by atoms with van der Waals surface area (Å²) in [6.45, 7) is 1.72. The van der Waals surface area contributed by atoms with Crippen molar-refractivity contribution in [1.82, 2.24) is 9.80 Å². The number of piperazine rings is 1. The normalized spacial score (nSPS) is 22.4. The molecule has 2 aromatic carbocycles. The zero-order valence-electron chi connectivity index (χ0n) is 17.1. The van der Waals surface area contributed by atoms with Crippen LogP contribution in [0.1, 0.15) is 23.5 Å². The number of benzene rings is 2. The lowest BCUT2D eigenvalue weighted by Crippen LogP contribution is -2.53. The fourth-order valence-electron chi connectivity index (χ4n) is 4.75. The standard InChI is InChI=1S/C23H24N2O5S/c26-22(16-9-14-31(28,29)15-16)24-10-12-25(13-11-24)23(27)21-17-5-1-3-7-19(17)30-20-8-4-2-6-18(20)21/h1-8,16,21H,9-15H2/t16-/m1/s1. The third kappa shape index (κ3) is 3.69. The van der Waals surface area contributed by atoms with Crippen LogP contribution in [0, 0.1) is 5.92 Å². The molecule has 0 bridgehead atoms. The highest BCUT2D eigenvalue weighted by Gasteiger charge is 2.39. The van der Waals surface area contributed by atoms with E-state index in [1.54, 1.807) is 9.80 Å². The Morgan fingerprint density at radius 2 is 1.32 bits per heavy atom. The van der Waals surface area contributed by atoms with E-state index in [-0.39, 0.29) is 23.3 Å². The number of rotatable bonds is 2. The molecule has 2 amide bonds. The molecular weight excluding hydrogens is 416 g/mol. The zero-order chi connectivity index (χ0) is 21.6. The average molecular weight is 441 g/mol. The van der Waals surface area contributed by atoms with Crippen molar-refractivity contribution < 1.29 is 22.7 Å². The molecule has 0 unspecified atom stereocenters. The van der Waals surface area contributed by atoms with Crippen LogP contribution >= 0.6 is 0 Å². The molecular formula is C23H24N2O5S. The second-order valence-corrected chi connectivity index (χ2v) is 10.6. The van der Waals surface area contributed by atoms with Crippen LogP contribution < -0.4 is 4.74 Å². The third-order valence-electron chi connectivity index (χ3n) is 6.41. The molecule has 0 aliphatic carbocycles. The Balaban J connectivity index is 1.32. The minimum absolute atomic E-state index is 0.00116. The highest BCUT2D eigenvalue weighted by atomic mass is 32.2. The van der Waals surface area contributed by atoms with Crippen molar-refractivity contribution in [1.29, 1.82) is 0 Å². The first-order valence-corrected chi connectivity index (χ1v) is 12.4. The molecule has 162 valence electrons. The highest BCUT2D eigenvalue weighted by Crippen LogP contribution is 2.44. The molecule has 0 aromatic heterocycles. The van der Waals surface area contributed by atoms with Gasteiger partial charge in [0, 0.05) is 37.3 Å². The first-order chi connectivity index (χ1) is 14.9. The Bertz CT molecular complexity index is 1090. The lowest BCUT2D eigenvalue weighted by atomic mass is 9.86. The number of carbonyl (C=O) groups is 2. The number of para-hydroxylation sites is 2. The molecule has 2 aromatic rings. The van der Waals surface area contributed by atoms with E-state index in [0.29, 0.717) is 44.1 Å². The van der Waals surface area contributed by atoms with Gasteiger partial charge in [-0.1, -0.05) is 36.4 Å². The Morgan fingerprint density at radius 1 is 0.806 bits per heavy atom. The molecule has 1 atom stereocenters. The molecule has 0 radical (unpaired) electrons. The first-order valence-electron chi connectivity index (χ1n) is 10.6. The maximum atomic E-state index is 13.6. The van der Waals surface area contributed by atoms with E-state index < -0.39 is 21.7 Å². The summed E-state index contributed by atoms with van der Waals surface area (Å²) in [6.07, 6.45) is 0.399. The molecule has 31 heavy (non-hydrogen) atoms. The molecule has 0 saturated carbocycles. The summed E-state index contributed by atoms with van der Waals surface area (Å²) in [5, 5.41) is 0. The number of sulfone groups is 1. The minimum Gasteiger partial charge on any atom is -0.457 e. The maximum Gasteiger partial charge on any atom is 0.234 e. The fourth-order valence-corrected chi connectivity index (χ4v) is 6.49. The van der Waals surface area contributed by atoms with Crippen LogP contribution in [0.4, 0.5) is 0 Å². The third-order valence-corrected chi connectivity index (χ3v) is 8.18. The minimum atomic E-state index is -3.10. The van der Waals surface area contributed by atoms with Gasteiger partial charge in [0.25, 0.3) is 0 Å². The van der Waals surface area contributed by atoms with Gasteiger partial charge in [0.05, 0.1) is 23.3 Å². The van der Waals surface area contributed by atoms with Gasteiger partial charge in [-0.25, -0.2) is 8.42 Å². The summed E-state index contributed by atoms with van der Waals surface area (Å²) < 4.78 is 29.4. The highest BCUT2D eigenvalue weighted by molar-refractivity contribution is 7.91. The van der Waals surface area contributed by atoms with Crippen molar-refractivity contribution in [3.05, 3.63) is 59.7 Å². The van der Waals surface area contributed by atoms with Gasteiger partial charge in [0.1, 0.15) is 11.5 Å². The topological polar surface area (TPSA) is 84.0 Å². The van der Waals surface area contributed by atoms with Gasteiger partial charge < -0.3 is 14.5 Å². The van der Waals surface area contributed by atoms with Gasteiger partial charge in [-0.3, -0.25) is 9.59 Å². The van der Waals surface area contributed by atoms with Crippen LogP contribution in [0.25, 0.3) is 0 Å². The van der Waals surface area contributed by atoms with Crippen molar-refractivity contribution in [2.24, 2.45) is 5.92 Å². The predicted octanol–water partition coefficient (Wildman–Crippen LogP) is 2.03. The van der Waals surface area contributed by atoms with Crippen LogP contribution in [0.5, 0.6) is 11.5 Å². The van der Waals surface area contributed by atoms with Crippen molar-refractivity contribution in [3.63, 3.8) is 0 Å². The average Bonchev–Trinajstić information content (AvgIpc) is 3.16. The molecule has 0 spiro atoms. The summed E-state index contributed by atoms with van der Waals surface area (Å²) in [6, 6.07) is 15.2. The van der Waals surface area contributed by atoms with Crippen LogP contribution in [0.2, 0.25) is 0 Å². The molecule has 5 rings (SSSR count). The van der Waals surface area contributed by atoms with Gasteiger partial charge in [-0.05, 0) is 18.6 Å². The molecule has 3 aliphatic rings. The number of nitrogens with zero attached hydrogens (tertiary/aromatic N) is 2. The van der Waals surface area contributed by atoms with E-state index in [1.807, 2.05) is 48.5 Å². The van der Waals surface area contributed by atoms with Gasteiger partial charge in [0.15, 0.2) is 9.84 Å². The summed E-state index contributed by atoms with van der Waals surface area (Å²) in [5.41, 5.74) is 1.70. The van der Waals surface area contributed by atoms with Crippen LogP contribution in [0.15, 0.2) is 48.5 Å². The van der Waals surface area contributed by atoms with Crippen molar-refractivity contribution in [2.45, 2.75) is 12.3 Å². The summed E-state index contributed by atoms with van der Waals surface area (Å²) in [4.78, 5) is 29.8. The Morgan fingerprint density at radius 3 is 1.84 bits per heavy atom. The predicted molar refractivity (Wildman–Crippen MR) is 115 cm³/mol. The molecule has 7 nitrogen and oxygen atoms in total. The Kier molecular flexibility index (Phi) is 4.97. The molecule has 3 heterocycles. The number of hydrogen-bond donors (Lipinski definition) is 0. The molecule has 2 saturated heterocycles. The number of hydrogen-bond acceptors (Lipinski definition) is 5. The molecule has 3 aliphatic heterocycles. The van der Waals surface area contributed by atoms with Gasteiger partial charge in [-0.15, -0.1) is 0 Å². The van der Waals surface area contributed by atoms with E-state index >= 15 is 0 Å². The summed E-state index contributed by atoms with van der Waals surface area (Å²) >= 11 is 0. The fraction of sp³-hybridized carbons (Fsp3) is 0.391. The molecule has 2 fully saturated rings. The maximum absolute atomic E-state index is 13.6. The second kappa shape index (κ2) is 7.67. The number of ether oxygens (including phenoxy) is 1. The molecule has 0 N–H and O–H groups in total. The molecule has 8 heteroatoms. The quantitative estimate of drug-likeness (QED) is 0.714. The lowest BCUT2D eigenvalue weighted by Gasteiger charge is -2.38. The largest absolute Gasteiger partial charge is 0.457 e. The van der Waals surface area contributed by atoms with Gasteiger partial charge >= 0.3 is 0 Å². The SMILES string of the molecule is O=C(C1c2ccccc2Oc2ccccc21)N1CCN(C(=O)[C@@H]2CCS(=O)(=O)C2)CC1. The number of carbonyl (C=O) groups excluding carboxylic acids is 2. The number of amides is 2. The van der Waals surface area contributed by atoms with Crippen molar-refractivity contribution >= 4 is 21.7 Å². The summed E-state index contributed by atoms with van der Waals surface area (Å²) in [7, 11) is -3.10. The first kappa shape index (κ1) is 20.1. The Hall–Kier alpha value is -2.87. The Labute approximate surface area is 181 Å². The lowest BCUT2D eigenvalue weighted by molar-refractivity contribution is -0.142. The van der Waals surface area contributed by atoms with Crippen molar-refractivity contribution in [2.75, 3.05) is 37.7 Å². The van der Waals surface area contributed by atoms with E-state index in [0.717, 1.165) is 11.1 Å². The van der Waals surface area contributed by atoms with E-state index in [9.17, 15) is 18.0 Å². The zero-order valence-corrected chi connectivity index (χ0v) is 17.9. The monoisotopic (exact) mass is 440 g/mol. The van der Waals surface area contributed by atoms with Crippen molar-refractivity contribution in [3.8, 4) is 11.5 Å². The smallest absolute Gasteiger partial charge is 0.234 e.